The number of hydrogen-bond acceptors (Lipinski definition) is 3. The highest BCUT2D eigenvalue weighted by atomic mass is 16.1. The summed E-state index contributed by atoms with van der Waals surface area (Å²) in [5, 5.41) is 16.3. The van der Waals surface area contributed by atoms with Gasteiger partial charge >= 0.3 is 0 Å². The van der Waals surface area contributed by atoms with E-state index in [4.69, 9.17) is 10.2 Å². The highest BCUT2D eigenvalue weighted by Crippen LogP contribution is 2.36. The van der Waals surface area contributed by atoms with Crippen LogP contribution in [0.15, 0.2) is 146 Å². The monoisotopic (exact) mass is 584 g/mol. The maximum Gasteiger partial charge on any atom is 0.167 e. The van der Waals surface area contributed by atoms with Gasteiger partial charge in [-0.05, 0) is 35.6 Å². The molecule has 0 atom stereocenters. The molecule has 218 valence electrons. The van der Waals surface area contributed by atoms with Gasteiger partial charge in [0.2, 0.25) is 0 Å². The Kier molecular flexibility index (Phi) is 7.97. The van der Waals surface area contributed by atoms with E-state index in [1.165, 1.54) is 11.1 Å². The largest absolute Gasteiger partial charge is 0.294 e. The maximum atomic E-state index is 13.5. The van der Waals surface area contributed by atoms with Crippen LogP contribution in [0, 0.1) is 0 Å². The first-order chi connectivity index (χ1) is 22.2. The number of Topliss-reactive ketones (excluding diaryl/α,β-unsaturated/α-hetero) is 1. The van der Waals surface area contributed by atoms with E-state index >= 15 is 0 Å². The van der Waals surface area contributed by atoms with Crippen LogP contribution in [0.25, 0.3) is 45.0 Å². The van der Waals surface area contributed by atoms with Crippen molar-refractivity contribution in [3.8, 4) is 45.0 Å². The Morgan fingerprint density at radius 1 is 0.489 bits per heavy atom. The lowest BCUT2D eigenvalue weighted by Gasteiger charge is -2.10. The Morgan fingerprint density at radius 2 is 0.956 bits per heavy atom. The van der Waals surface area contributed by atoms with Crippen LogP contribution in [0.5, 0.6) is 0 Å². The minimum absolute atomic E-state index is 0.0505. The zero-order valence-electron chi connectivity index (χ0n) is 24.8. The molecule has 0 bridgehead atoms. The third kappa shape index (κ3) is 6.01. The molecule has 0 unspecified atom stereocenters. The molecule has 2 aromatic heterocycles. The summed E-state index contributed by atoms with van der Waals surface area (Å²) in [5.74, 6) is 0.0505. The highest BCUT2D eigenvalue weighted by molar-refractivity contribution is 5.99. The third-order valence-corrected chi connectivity index (χ3v) is 8.21. The molecule has 0 radical (unpaired) electrons. The van der Waals surface area contributed by atoms with Gasteiger partial charge in [0, 0.05) is 34.2 Å². The first-order valence-electron chi connectivity index (χ1n) is 15.2. The number of hydrogen-bond donors (Lipinski definition) is 2. The number of H-pyrrole nitrogens is 2. The van der Waals surface area contributed by atoms with Gasteiger partial charge in [-0.15, -0.1) is 0 Å². The van der Waals surface area contributed by atoms with Crippen molar-refractivity contribution in [2.24, 2.45) is 0 Å². The van der Waals surface area contributed by atoms with E-state index in [9.17, 15) is 4.79 Å². The Hall–Kier alpha value is -5.81. The standard InChI is InChI=1S/C40H32N4O/c45-36(29-16-7-2-8-17-29)27-35-38(31-20-11-4-12-21-31)42-44-40(35)33-23-13-22-32(26-33)39-34(25-24-28-14-5-1-6-15-28)37(41-43-39)30-18-9-3-10-19-30/h1-23,26H,24-25,27H2,(H,41,43)(H,42,44). The molecule has 5 aromatic carbocycles. The summed E-state index contributed by atoms with van der Waals surface area (Å²) in [4.78, 5) is 13.5. The molecule has 0 aliphatic carbocycles. The number of carbonyl (C=O) groups excluding carboxylic acids is 1. The van der Waals surface area contributed by atoms with Gasteiger partial charge in [-0.25, -0.2) is 0 Å². The average Bonchev–Trinajstić information content (AvgIpc) is 3.73. The summed E-state index contributed by atoms with van der Waals surface area (Å²) in [6.07, 6.45) is 1.97. The van der Waals surface area contributed by atoms with Crippen molar-refractivity contribution in [2.75, 3.05) is 0 Å². The molecule has 7 aromatic rings. The number of nitrogens with one attached hydrogen (secondary N) is 2. The number of benzene rings is 5. The summed E-state index contributed by atoms with van der Waals surface area (Å²) in [5.41, 5.74) is 11.6. The second-order valence-corrected chi connectivity index (χ2v) is 11.1. The van der Waals surface area contributed by atoms with Gasteiger partial charge < -0.3 is 0 Å². The molecule has 0 aliphatic rings. The summed E-state index contributed by atoms with van der Waals surface area (Å²) >= 11 is 0. The first-order valence-corrected chi connectivity index (χ1v) is 15.2. The fraction of sp³-hybridized carbons (Fsp3) is 0.0750. The molecular weight excluding hydrogens is 552 g/mol. The fourth-order valence-electron chi connectivity index (χ4n) is 5.93. The van der Waals surface area contributed by atoms with Crippen molar-refractivity contribution >= 4 is 5.78 Å². The Balaban J connectivity index is 1.30. The summed E-state index contributed by atoms with van der Waals surface area (Å²) in [6, 6.07) is 48.8. The average molecular weight is 585 g/mol. The Morgan fingerprint density at radius 3 is 1.53 bits per heavy atom. The number of rotatable bonds is 10. The van der Waals surface area contributed by atoms with Gasteiger partial charge in [0.05, 0.1) is 22.8 Å². The number of aromatic amines is 2. The van der Waals surface area contributed by atoms with Crippen LogP contribution in [0.1, 0.15) is 27.0 Å². The van der Waals surface area contributed by atoms with E-state index in [2.05, 4.69) is 76.9 Å². The van der Waals surface area contributed by atoms with Gasteiger partial charge in [-0.3, -0.25) is 15.0 Å². The molecule has 0 amide bonds. The van der Waals surface area contributed by atoms with Crippen LogP contribution in [-0.2, 0) is 19.3 Å². The van der Waals surface area contributed by atoms with Crippen LogP contribution in [0.3, 0.4) is 0 Å². The summed E-state index contributed by atoms with van der Waals surface area (Å²) < 4.78 is 0. The zero-order chi connectivity index (χ0) is 30.4. The Bertz CT molecular complexity index is 2030. The van der Waals surface area contributed by atoms with E-state index in [1.54, 1.807) is 0 Å². The molecule has 7 rings (SSSR count). The normalized spacial score (nSPS) is 11.0. The van der Waals surface area contributed by atoms with Crippen LogP contribution < -0.4 is 0 Å². The fourth-order valence-corrected chi connectivity index (χ4v) is 5.93. The third-order valence-electron chi connectivity index (χ3n) is 8.21. The Labute approximate surface area is 262 Å². The van der Waals surface area contributed by atoms with Crippen LogP contribution in [0.2, 0.25) is 0 Å². The number of aryl methyl sites for hydroxylation is 1. The van der Waals surface area contributed by atoms with Crippen molar-refractivity contribution in [1.29, 1.82) is 0 Å². The number of ketones is 1. The lowest BCUT2D eigenvalue weighted by Crippen LogP contribution is -2.05. The molecule has 2 N–H and O–H groups in total. The van der Waals surface area contributed by atoms with Crippen molar-refractivity contribution in [2.45, 2.75) is 19.3 Å². The van der Waals surface area contributed by atoms with E-state index < -0.39 is 0 Å². The van der Waals surface area contributed by atoms with E-state index in [0.29, 0.717) is 5.56 Å². The lowest BCUT2D eigenvalue weighted by molar-refractivity contribution is 0.0993. The molecule has 45 heavy (non-hydrogen) atoms. The minimum atomic E-state index is 0.0505. The molecule has 0 spiro atoms. The SMILES string of the molecule is O=C(Cc1c(-c2cccc(-c3n[nH]c(-c4ccccc4)c3CCc3ccccc3)c2)n[nH]c1-c1ccccc1)c1ccccc1. The minimum Gasteiger partial charge on any atom is -0.294 e. The van der Waals surface area contributed by atoms with Gasteiger partial charge in [-0.1, -0.05) is 140 Å². The van der Waals surface area contributed by atoms with Gasteiger partial charge in [0.25, 0.3) is 0 Å². The molecule has 0 fully saturated rings. The smallest absolute Gasteiger partial charge is 0.167 e. The second kappa shape index (κ2) is 12.8. The van der Waals surface area contributed by atoms with Crippen molar-refractivity contribution in [3.63, 3.8) is 0 Å². The summed E-state index contributed by atoms with van der Waals surface area (Å²) in [7, 11) is 0. The first kappa shape index (κ1) is 28.0. The van der Waals surface area contributed by atoms with Gasteiger partial charge in [-0.2, -0.15) is 10.2 Å². The second-order valence-electron chi connectivity index (χ2n) is 11.1. The van der Waals surface area contributed by atoms with Crippen LogP contribution in [0.4, 0.5) is 0 Å². The van der Waals surface area contributed by atoms with E-state index in [-0.39, 0.29) is 12.2 Å². The lowest BCUT2D eigenvalue weighted by atomic mass is 9.93. The molecular formula is C40H32N4O. The highest BCUT2D eigenvalue weighted by Gasteiger charge is 2.22. The molecule has 2 heterocycles. The quantitative estimate of drug-likeness (QED) is 0.158. The van der Waals surface area contributed by atoms with Crippen LogP contribution in [-0.4, -0.2) is 26.2 Å². The van der Waals surface area contributed by atoms with Crippen molar-refractivity contribution in [3.05, 3.63) is 168 Å². The molecule has 5 nitrogen and oxygen atoms in total. The van der Waals surface area contributed by atoms with Gasteiger partial charge in [0.15, 0.2) is 5.78 Å². The molecule has 0 saturated carbocycles. The van der Waals surface area contributed by atoms with E-state index in [0.717, 1.165) is 63.4 Å². The van der Waals surface area contributed by atoms with Crippen molar-refractivity contribution in [1.82, 2.24) is 20.4 Å². The molecule has 0 aliphatic heterocycles. The van der Waals surface area contributed by atoms with Crippen LogP contribution >= 0.6 is 0 Å². The maximum absolute atomic E-state index is 13.5. The molecule has 0 saturated heterocycles. The number of carbonyl (C=O) groups is 1. The zero-order valence-corrected chi connectivity index (χ0v) is 24.8. The predicted molar refractivity (Wildman–Crippen MR) is 181 cm³/mol. The summed E-state index contributed by atoms with van der Waals surface area (Å²) in [6.45, 7) is 0. The number of nitrogens with zero attached hydrogens (tertiary/aromatic N) is 2. The van der Waals surface area contributed by atoms with Gasteiger partial charge in [0.1, 0.15) is 0 Å². The van der Waals surface area contributed by atoms with Crippen molar-refractivity contribution < 1.29 is 4.79 Å². The van der Waals surface area contributed by atoms with E-state index in [1.807, 2.05) is 78.9 Å². The number of aromatic nitrogens is 4. The topological polar surface area (TPSA) is 74.4 Å². The predicted octanol–water partition coefficient (Wildman–Crippen LogP) is 9.01. The molecule has 5 heteroatoms.